The predicted molar refractivity (Wildman–Crippen MR) is 108 cm³/mol. The predicted octanol–water partition coefficient (Wildman–Crippen LogP) is 4.69. The highest BCUT2D eigenvalue weighted by Gasteiger charge is 2.35. The van der Waals surface area contributed by atoms with Crippen molar-refractivity contribution in [3.63, 3.8) is 0 Å². The number of hydrogen-bond donors (Lipinski definition) is 0. The molecule has 0 saturated heterocycles. The zero-order valence-electron chi connectivity index (χ0n) is 16.1. The highest BCUT2D eigenvalue weighted by atomic mass is 16.5. The second-order valence-electron chi connectivity index (χ2n) is 7.79. The van der Waals surface area contributed by atoms with Crippen LogP contribution in [-0.4, -0.2) is 23.4 Å². The molecule has 0 spiro atoms. The molecular weight excluding hydrogens is 338 g/mol. The first kappa shape index (κ1) is 17.7. The molecule has 1 heterocycles. The topological polar surface area (TPSA) is 42.3 Å². The lowest BCUT2D eigenvalue weighted by Crippen LogP contribution is -2.32. The van der Waals surface area contributed by atoms with E-state index in [9.17, 15) is 4.79 Å². The molecule has 4 heteroatoms. The van der Waals surface area contributed by atoms with Gasteiger partial charge in [-0.25, -0.2) is 0 Å². The molecule has 27 heavy (non-hydrogen) atoms. The molecular formula is C23H26NO3+. The number of nitrogens with zero attached hydrogens (tertiary/aromatic N) is 1. The van der Waals surface area contributed by atoms with E-state index in [1.807, 2.05) is 49.1 Å². The maximum absolute atomic E-state index is 13.0. The van der Waals surface area contributed by atoms with Crippen LogP contribution >= 0.6 is 0 Å². The monoisotopic (exact) mass is 364 g/mol. The van der Waals surface area contributed by atoms with E-state index in [1.165, 1.54) is 0 Å². The Morgan fingerprint density at radius 2 is 1.93 bits per heavy atom. The molecule has 1 aliphatic heterocycles. The van der Waals surface area contributed by atoms with Crippen molar-refractivity contribution < 1.29 is 14.3 Å². The number of aromatic hydroxyl groups is 1. The first-order valence-electron chi connectivity index (χ1n) is 9.49. The molecule has 1 fully saturated rings. The lowest BCUT2D eigenvalue weighted by molar-refractivity contribution is -0.119. The maximum atomic E-state index is 13.0. The molecule has 0 atom stereocenters. The molecule has 0 radical (unpaired) electrons. The summed E-state index contributed by atoms with van der Waals surface area (Å²) in [6, 6.07) is 14.0. The Morgan fingerprint density at radius 3 is 2.59 bits per heavy atom. The first-order valence-corrected chi connectivity index (χ1v) is 9.49. The zero-order valence-corrected chi connectivity index (χ0v) is 16.1. The number of hydrogen-bond acceptors (Lipinski definition) is 2. The average Bonchev–Trinajstić information content (AvgIpc) is 3.50. The summed E-state index contributed by atoms with van der Waals surface area (Å²) >= 11 is 0. The number of para-hydroxylation sites is 1. The number of fused-ring (bicyclic) bond motifs is 1. The van der Waals surface area contributed by atoms with Gasteiger partial charge in [-0.1, -0.05) is 30.3 Å². The molecule has 2 aromatic rings. The zero-order chi connectivity index (χ0) is 19.0. The standard InChI is InChI=1S/C23H25NO3/c1-23(2)14-13-16-9-12-18(20(26-3)21(16)27-23)15-24(22(25)17-10-11-17)19-7-5-4-6-8-19/h4-9,12-14,17H,10-11,15H2,1-3H3/p+1. The third kappa shape index (κ3) is 3.57. The summed E-state index contributed by atoms with van der Waals surface area (Å²) in [5.41, 5.74) is 2.59. The van der Waals surface area contributed by atoms with E-state index in [-0.39, 0.29) is 17.4 Å². The minimum Gasteiger partial charge on any atom is -0.582 e. The van der Waals surface area contributed by atoms with Crippen LogP contribution in [0.15, 0.2) is 48.5 Å². The summed E-state index contributed by atoms with van der Waals surface area (Å²) < 4.78 is 10.7. The van der Waals surface area contributed by atoms with Gasteiger partial charge >= 0.3 is 5.75 Å². The van der Waals surface area contributed by atoms with Crippen molar-refractivity contribution in [1.82, 2.24) is 0 Å². The van der Waals surface area contributed by atoms with Crippen molar-refractivity contribution in [3.05, 3.63) is 59.7 Å². The van der Waals surface area contributed by atoms with Gasteiger partial charge in [0.05, 0.1) is 12.1 Å². The van der Waals surface area contributed by atoms with Crippen LogP contribution in [0.5, 0.6) is 11.5 Å². The van der Waals surface area contributed by atoms with E-state index in [2.05, 4.69) is 29.0 Å². The summed E-state index contributed by atoms with van der Waals surface area (Å²) in [6.07, 6.45) is 6.11. The Balaban J connectivity index is 1.72. The molecule has 1 amide bonds. The van der Waals surface area contributed by atoms with Crippen LogP contribution in [0.4, 0.5) is 5.69 Å². The highest BCUT2D eigenvalue weighted by molar-refractivity contribution is 5.96. The number of carbonyl (C=O) groups is 1. The highest BCUT2D eigenvalue weighted by Crippen LogP contribution is 2.42. The third-order valence-electron chi connectivity index (χ3n) is 5.09. The summed E-state index contributed by atoms with van der Waals surface area (Å²) in [5, 5.41) is 0. The SMILES string of the molecule is C[OH+]c1c(CN(C(=O)C2CC2)c2ccccc2)ccc2c1OC(C)(C)C=C2. The van der Waals surface area contributed by atoms with E-state index in [0.29, 0.717) is 6.54 Å². The number of ether oxygens (including phenoxy) is 2. The fraction of sp³-hybridized carbons (Fsp3) is 0.348. The number of benzene rings is 2. The Morgan fingerprint density at radius 1 is 1.19 bits per heavy atom. The molecule has 0 aromatic heterocycles. The fourth-order valence-electron chi connectivity index (χ4n) is 3.45. The van der Waals surface area contributed by atoms with Gasteiger partial charge in [0.1, 0.15) is 5.60 Å². The summed E-state index contributed by atoms with van der Waals surface area (Å²) in [7, 11) is 1.78. The summed E-state index contributed by atoms with van der Waals surface area (Å²) in [4.78, 5) is 14.8. The van der Waals surface area contributed by atoms with Gasteiger partial charge in [0, 0.05) is 17.2 Å². The van der Waals surface area contributed by atoms with Crippen LogP contribution in [0.25, 0.3) is 6.08 Å². The van der Waals surface area contributed by atoms with E-state index in [1.54, 1.807) is 7.11 Å². The van der Waals surface area contributed by atoms with Crippen molar-refractivity contribution in [2.45, 2.75) is 38.8 Å². The van der Waals surface area contributed by atoms with Crippen LogP contribution in [-0.2, 0) is 11.3 Å². The van der Waals surface area contributed by atoms with Crippen LogP contribution in [0.3, 0.4) is 0 Å². The fourth-order valence-corrected chi connectivity index (χ4v) is 3.45. The molecule has 140 valence electrons. The quantitative estimate of drug-likeness (QED) is 0.723. The number of rotatable bonds is 5. The van der Waals surface area contributed by atoms with Gasteiger partial charge in [0.25, 0.3) is 0 Å². The van der Waals surface area contributed by atoms with E-state index in [0.717, 1.165) is 41.2 Å². The summed E-state index contributed by atoms with van der Waals surface area (Å²) in [5.74, 6) is 1.98. The Bertz CT molecular complexity index is 882. The van der Waals surface area contributed by atoms with Crippen LogP contribution < -0.4 is 9.64 Å². The molecule has 4 nitrogen and oxygen atoms in total. The van der Waals surface area contributed by atoms with Gasteiger partial charge in [-0.2, -0.15) is 0 Å². The van der Waals surface area contributed by atoms with Crippen LogP contribution in [0.1, 0.15) is 37.8 Å². The van der Waals surface area contributed by atoms with Crippen molar-refractivity contribution in [2.24, 2.45) is 5.92 Å². The largest absolute Gasteiger partial charge is 0.582 e. The number of aliphatic hydroxyl groups is 1. The van der Waals surface area contributed by atoms with Gasteiger partial charge in [-0.3, -0.25) is 4.79 Å². The lowest BCUT2D eigenvalue weighted by atomic mass is 10.00. The lowest BCUT2D eigenvalue weighted by Gasteiger charge is -2.29. The van der Waals surface area contributed by atoms with Gasteiger partial charge in [-0.15, -0.1) is 0 Å². The maximum Gasteiger partial charge on any atom is 0.303 e. The molecule has 2 aliphatic rings. The number of amides is 1. The normalized spacial score (nSPS) is 17.0. The molecule has 1 N–H and O–H groups in total. The van der Waals surface area contributed by atoms with Crippen molar-refractivity contribution in [3.8, 4) is 11.5 Å². The van der Waals surface area contributed by atoms with E-state index < -0.39 is 0 Å². The molecule has 2 aromatic carbocycles. The summed E-state index contributed by atoms with van der Waals surface area (Å²) in [6.45, 7) is 4.56. The van der Waals surface area contributed by atoms with E-state index in [4.69, 9.17) is 4.74 Å². The molecule has 4 rings (SSSR count). The van der Waals surface area contributed by atoms with Gasteiger partial charge < -0.3 is 14.4 Å². The van der Waals surface area contributed by atoms with Crippen molar-refractivity contribution in [2.75, 3.05) is 12.0 Å². The van der Waals surface area contributed by atoms with Crippen molar-refractivity contribution >= 4 is 17.7 Å². The minimum atomic E-state index is -0.367. The number of carbonyl (C=O) groups excluding carboxylic acids is 1. The third-order valence-corrected chi connectivity index (χ3v) is 5.09. The Kier molecular flexibility index (Phi) is 4.42. The number of anilines is 1. The smallest absolute Gasteiger partial charge is 0.303 e. The second-order valence-corrected chi connectivity index (χ2v) is 7.79. The van der Waals surface area contributed by atoms with Crippen LogP contribution in [0, 0.1) is 5.92 Å². The van der Waals surface area contributed by atoms with Crippen molar-refractivity contribution in [1.29, 1.82) is 0 Å². The molecule has 0 bridgehead atoms. The Labute approximate surface area is 160 Å². The molecule has 1 saturated carbocycles. The van der Waals surface area contributed by atoms with E-state index >= 15 is 0 Å². The Hall–Kier alpha value is -2.75. The van der Waals surface area contributed by atoms with Gasteiger partial charge in [0.15, 0.2) is 7.11 Å². The van der Waals surface area contributed by atoms with Gasteiger partial charge in [0.2, 0.25) is 11.7 Å². The minimum absolute atomic E-state index is 0.156. The molecule has 1 aliphatic carbocycles. The van der Waals surface area contributed by atoms with Crippen LogP contribution in [0.2, 0.25) is 0 Å². The van der Waals surface area contributed by atoms with Gasteiger partial charge in [-0.05, 0) is 51.0 Å². The molecule has 0 unspecified atom stereocenters. The average molecular weight is 364 g/mol. The second kappa shape index (κ2) is 6.76. The first-order chi connectivity index (χ1) is 13.0.